The van der Waals surface area contributed by atoms with Gasteiger partial charge in [0.25, 0.3) is 0 Å². The fraction of sp³-hybridized carbons (Fsp3) is 0.304. The van der Waals surface area contributed by atoms with E-state index in [4.69, 9.17) is 28.6 Å². The van der Waals surface area contributed by atoms with Gasteiger partial charge < -0.3 is 19.5 Å². The van der Waals surface area contributed by atoms with Crippen LogP contribution in [-0.4, -0.2) is 39.8 Å². The minimum absolute atomic E-state index is 0.0154. The molecular formula is C23H25ClN4OS. The summed E-state index contributed by atoms with van der Waals surface area (Å²) in [5.74, 6) is 0. The van der Waals surface area contributed by atoms with Crippen LogP contribution in [0.25, 0.3) is 5.69 Å². The standard InChI is InChI=1S/C23H25ClN4OS/c1-15-13-19(16(2)28(15)18-8-6-7-17(24)14-18)22-21(20-9-4-5-10-25-20)26-23(30)27(22)11-12-29-3/h4-10,13-14,21-22H,11-12H2,1-3H3,(H,26,30)/t21-,22-/m0/s1. The van der Waals surface area contributed by atoms with E-state index in [0.29, 0.717) is 13.2 Å². The number of nitrogens with zero attached hydrogens (tertiary/aromatic N) is 3. The lowest BCUT2D eigenvalue weighted by atomic mass is 9.97. The van der Waals surface area contributed by atoms with Crippen molar-refractivity contribution in [2.24, 2.45) is 0 Å². The Kier molecular flexibility index (Phi) is 6.09. The summed E-state index contributed by atoms with van der Waals surface area (Å²) in [6, 6.07) is 16.1. The number of hydrogen-bond donors (Lipinski definition) is 1. The smallest absolute Gasteiger partial charge is 0.170 e. The minimum atomic E-state index is -0.0381. The molecule has 0 bridgehead atoms. The van der Waals surface area contributed by atoms with E-state index in [-0.39, 0.29) is 12.1 Å². The van der Waals surface area contributed by atoms with Crippen LogP contribution in [0.1, 0.15) is 34.7 Å². The highest BCUT2D eigenvalue weighted by Crippen LogP contribution is 2.41. The molecule has 3 aromatic rings. The Morgan fingerprint density at radius 2 is 2.00 bits per heavy atom. The Hall–Kier alpha value is -2.41. The molecule has 1 fully saturated rings. The molecule has 30 heavy (non-hydrogen) atoms. The Bertz CT molecular complexity index is 1050. The van der Waals surface area contributed by atoms with E-state index >= 15 is 0 Å². The largest absolute Gasteiger partial charge is 0.383 e. The lowest BCUT2D eigenvalue weighted by molar-refractivity contribution is 0.164. The third kappa shape index (κ3) is 3.83. The third-order valence-corrected chi connectivity index (χ3v) is 6.18. The second-order valence-corrected chi connectivity index (χ2v) is 8.28. The highest BCUT2D eigenvalue weighted by atomic mass is 35.5. The van der Waals surface area contributed by atoms with Crippen LogP contribution in [0, 0.1) is 13.8 Å². The first kappa shape index (κ1) is 20.8. The Morgan fingerprint density at radius 1 is 1.17 bits per heavy atom. The number of halogens is 1. The molecule has 1 saturated heterocycles. The van der Waals surface area contributed by atoms with Crippen LogP contribution >= 0.6 is 23.8 Å². The lowest BCUT2D eigenvalue weighted by Crippen LogP contribution is -2.32. The van der Waals surface area contributed by atoms with E-state index in [1.54, 1.807) is 7.11 Å². The molecule has 4 rings (SSSR count). The molecular weight excluding hydrogens is 416 g/mol. The summed E-state index contributed by atoms with van der Waals surface area (Å²) in [6.45, 7) is 5.57. The number of hydrogen-bond acceptors (Lipinski definition) is 3. The zero-order chi connectivity index (χ0) is 21.3. The summed E-state index contributed by atoms with van der Waals surface area (Å²) in [6.07, 6.45) is 1.82. The van der Waals surface area contributed by atoms with Gasteiger partial charge in [0.05, 0.1) is 24.4 Å². The molecule has 0 radical (unpaired) electrons. The van der Waals surface area contributed by atoms with Gasteiger partial charge in [0.2, 0.25) is 0 Å². The van der Waals surface area contributed by atoms with Crippen molar-refractivity contribution in [2.45, 2.75) is 25.9 Å². The summed E-state index contributed by atoms with van der Waals surface area (Å²) in [4.78, 5) is 6.82. The fourth-order valence-corrected chi connectivity index (χ4v) is 4.79. The van der Waals surface area contributed by atoms with Crippen molar-refractivity contribution in [3.05, 3.63) is 82.4 Å². The topological polar surface area (TPSA) is 42.3 Å². The molecule has 0 amide bonds. The molecule has 1 aliphatic heterocycles. The fourth-order valence-electron chi connectivity index (χ4n) is 4.27. The maximum atomic E-state index is 6.27. The average Bonchev–Trinajstić information content (AvgIpc) is 3.22. The first-order valence-electron chi connectivity index (χ1n) is 9.93. The maximum absolute atomic E-state index is 6.27. The molecule has 1 aliphatic rings. The number of rotatable bonds is 6. The van der Waals surface area contributed by atoms with Crippen LogP contribution in [0.4, 0.5) is 0 Å². The van der Waals surface area contributed by atoms with Gasteiger partial charge in [0, 0.05) is 41.9 Å². The predicted molar refractivity (Wildman–Crippen MR) is 124 cm³/mol. The van der Waals surface area contributed by atoms with Crippen LogP contribution in [0.15, 0.2) is 54.7 Å². The van der Waals surface area contributed by atoms with Crippen LogP contribution in [-0.2, 0) is 4.74 Å². The Morgan fingerprint density at radius 3 is 2.70 bits per heavy atom. The van der Waals surface area contributed by atoms with E-state index in [1.807, 2.05) is 42.6 Å². The number of nitrogens with one attached hydrogen (secondary N) is 1. The molecule has 2 atom stereocenters. The predicted octanol–water partition coefficient (Wildman–Crippen LogP) is 4.76. The minimum Gasteiger partial charge on any atom is -0.383 e. The van der Waals surface area contributed by atoms with Gasteiger partial charge in [0.15, 0.2) is 5.11 Å². The molecule has 156 valence electrons. The van der Waals surface area contributed by atoms with Gasteiger partial charge in [-0.1, -0.05) is 23.7 Å². The van der Waals surface area contributed by atoms with Crippen molar-refractivity contribution in [2.75, 3.05) is 20.3 Å². The summed E-state index contributed by atoms with van der Waals surface area (Å²) < 4.78 is 7.60. The van der Waals surface area contributed by atoms with Gasteiger partial charge in [-0.05, 0) is 68.0 Å². The number of thiocarbonyl (C=S) groups is 1. The molecule has 1 aromatic carbocycles. The maximum Gasteiger partial charge on any atom is 0.170 e. The number of benzene rings is 1. The molecule has 5 nitrogen and oxygen atoms in total. The highest BCUT2D eigenvalue weighted by molar-refractivity contribution is 7.80. The van der Waals surface area contributed by atoms with E-state index in [2.05, 4.69) is 45.7 Å². The SMILES string of the molecule is COCCN1C(=S)N[C@@H](c2ccccn2)[C@@H]1c1cc(C)n(-c2cccc(Cl)c2)c1C. The number of aromatic nitrogens is 2. The molecule has 3 heterocycles. The highest BCUT2D eigenvalue weighted by Gasteiger charge is 2.41. The van der Waals surface area contributed by atoms with Crippen molar-refractivity contribution >= 4 is 28.9 Å². The van der Waals surface area contributed by atoms with Crippen molar-refractivity contribution in [3.63, 3.8) is 0 Å². The molecule has 0 aliphatic carbocycles. The van der Waals surface area contributed by atoms with E-state index in [9.17, 15) is 0 Å². The summed E-state index contributed by atoms with van der Waals surface area (Å²) >= 11 is 12.0. The number of aryl methyl sites for hydroxylation is 1. The summed E-state index contributed by atoms with van der Waals surface area (Å²) in [7, 11) is 1.71. The number of methoxy groups -OCH3 is 1. The lowest BCUT2D eigenvalue weighted by Gasteiger charge is -2.28. The normalized spacial score (nSPS) is 18.7. The monoisotopic (exact) mass is 440 g/mol. The number of pyridine rings is 1. The Labute approximate surface area is 187 Å². The average molecular weight is 441 g/mol. The van der Waals surface area contributed by atoms with Gasteiger partial charge >= 0.3 is 0 Å². The third-order valence-electron chi connectivity index (χ3n) is 5.59. The van der Waals surface area contributed by atoms with Crippen LogP contribution < -0.4 is 5.32 Å². The second kappa shape index (κ2) is 8.76. The van der Waals surface area contributed by atoms with E-state index in [0.717, 1.165) is 32.9 Å². The molecule has 7 heteroatoms. The Balaban J connectivity index is 1.82. The van der Waals surface area contributed by atoms with Crippen LogP contribution in [0.2, 0.25) is 5.02 Å². The summed E-state index contributed by atoms with van der Waals surface area (Å²) in [5, 5.41) is 4.93. The van der Waals surface area contributed by atoms with E-state index < -0.39 is 0 Å². The molecule has 2 aromatic heterocycles. The molecule has 0 saturated carbocycles. The first-order valence-corrected chi connectivity index (χ1v) is 10.7. The van der Waals surface area contributed by atoms with Gasteiger partial charge in [-0.2, -0.15) is 0 Å². The van der Waals surface area contributed by atoms with Crippen molar-refractivity contribution in [1.82, 2.24) is 19.8 Å². The van der Waals surface area contributed by atoms with Crippen molar-refractivity contribution in [3.8, 4) is 5.69 Å². The second-order valence-electron chi connectivity index (χ2n) is 7.45. The van der Waals surface area contributed by atoms with Gasteiger partial charge in [-0.25, -0.2) is 0 Å². The quantitative estimate of drug-likeness (QED) is 0.559. The zero-order valence-corrected chi connectivity index (χ0v) is 18.9. The van der Waals surface area contributed by atoms with Gasteiger partial charge in [-0.15, -0.1) is 0 Å². The number of ether oxygens (including phenoxy) is 1. The molecule has 0 unspecified atom stereocenters. The first-order chi connectivity index (χ1) is 14.5. The van der Waals surface area contributed by atoms with E-state index in [1.165, 1.54) is 5.56 Å². The molecule has 0 spiro atoms. The van der Waals surface area contributed by atoms with Crippen molar-refractivity contribution < 1.29 is 4.74 Å². The molecule has 1 N–H and O–H groups in total. The van der Waals surface area contributed by atoms with Crippen LogP contribution in [0.5, 0.6) is 0 Å². The zero-order valence-electron chi connectivity index (χ0n) is 17.3. The van der Waals surface area contributed by atoms with Crippen molar-refractivity contribution in [1.29, 1.82) is 0 Å². The van der Waals surface area contributed by atoms with Crippen LogP contribution in [0.3, 0.4) is 0 Å². The van der Waals surface area contributed by atoms with Gasteiger partial charge in [0.1, 0.15) is 0 Å². The summed E-state index contributed by atoms with van der Waals surface area (Å²) in [5.41, 5.74) is 5.54. The van der Waals surface area contributed by atoms with Gasteiger partial charge in [-0.3, -0.25) is 4.98 Å².